The van der Waals surface area contributed by atoms with Crippen LogP contribution in [0.5, 0.6) is 0 Å². The second-order valence-electron chi connectivity index (χ2n) is 5.21. The molecule has 1 heterocycles. The van der Waals surface area contributed by atoms with E-state index in [9.17, 15) is 0 Å². The summed E-state index contributed by atoms with van der Waals surface area (Å²) in [5.41, 5.74) is 7.76. The molecule has 96 valence electrons. The quantitative estimate of drug-likeness (QED) is 0.885. The highest BCUT2D eigenvalue weighted by atomic mass is 32.1. The van der Waals surface area contributed by atoms with Gasteiger partial charge in [-0.05, 0) is 25.7 Å². The van der Waals surface area contributed by atoms with Crippen LogP contribution in [-0.4, -0.2) is 4.98 Å². The van der Waals surface area contributed by atoms with E-state index in [0.29, 0.717) is 0 Å². The molecule has 1 aromatic rings. The maximum atomic E-state index is 6.56. The van der Waals surface area contributed by atoms with E-state index in [4.69, 9.17) is 10.7 Å². The Labute approximate surface area is 109 Å². The molecule has 1 aromatic heterocycles. The van der Waals surface area contributed by atoms with E-state index in [1.54, 1.807) is 0 Å². The first-order valence-electron chi connectivity index (χ1n) is 6.97. The van der Waals surface area contributed by atoms with E-state index in [1.807, 2.05) is 11.3 Å². The lowest BCUT2D eigenvalue weighted by atomic mass is 9.83. The lowest BCUT2D eigenvalue weighted by Crippen LogP contribution is -2.38. The lowest BCUT2D eigenvalue weighted by molar-refractivity contribution is 0.301. The Bertz CT molecular complexity index is 364. The molecule has 0 atom stereocenters. The van der Waals surface area contributed by atoms with Crippen molar-refractivity contribution in [3.05, 3.63) is 15.6 Å². The van der Waals surface area contributed by atoms with Crippen LogP contribution in [0, 0.1) is 0 Å². The SMILES string of the molecule is CCCc1nc(C2(N)CCCCC2)sc1CC. The standard InChI is InChI=1S/C14H24N2S/c1-3-8-11-12(4-2)17-13(16-11)14(15)9-6-5-7-10-14/h3-10,15H2,1-2H3. The third kappa shape index (κ3) is 2.71. The van der Waals surface area contributed by atoms with E-state index in [-0.39, 0.29) is 5.54 Å². The highest BCUT2D eigenvalue weighted by Gasteiger charge is 2.33. The van der Waals surface area contributed by atoms with Gasteiger partial charge in [-0.15, -0.1) is 11.3 Å². The summed E-state index contributed by atoms with van der Waals surface area (Å²) in [6.45, 7) is 4.44. The molecule has 2 N–H and O–H groups in total. The summed E-state index contributed by atoms with van der Waals surface area (Å²) in [5, 5.41) is 1.21. The fraction of sp³-hybridized carbons (Fsp3) is 0.786. The molecule has 0 unspecified atom stereocenters. The van der Waals surface area contributed by atoms with Gasteiger partial charge >= 0.3 is 0 Å². The molecule has 0 amide bonds. The number of hydrogen-bond donors (Lipinski definition) is 1. The zero-order valence-corrected chi connectivity index (χ0v) is 11.9. The molecule has 2 rings (SSSR count). The zero-order valence-electron chi connectivity index (χ0n) is 11.1. The summed E-state index contributed by atoms with van der Waals surface area (Å²) in [4.78, 5) is 6.32. The summed E-state index contributed by atoms with van der Waals surface area (Å²) in [6.07, 6.45) is 9.49. The fourth-order valence-corrected chi connectivity index (χ4v) is 3.91. The normalized spacial score (nSPS) is 19.5. The van der Waals surface area contributed by atoms with Crippen molar-refractivity contribution in [3.8, 4) is 0 Å². The molecule has 3 heteroatoms. The van der Waals surface area contributed by atoms with Gasteiger partial charge < -0.3 is 5.73 Å². The van der Waals surface area contributed by atoms with Gasteiger partial charge in [0.05, 0.1) is 11.2 Å². The van der Waals surface area contributed by atoms with Gasteiger partial charge in [-0.2, -0.15) is 0 Å². The Kier molecular flexibility index (Phi) is 4.21. The molecule has 17 heavy (non-hydrogen) atoms. The molecule has 0 bridgehead atoms. The number of nitrogens with zero attached hydrogens (tertiary/aromatic N) is 1. The van der Waals surface area contributed by atoms with Gasteiger partial charge in [0.2, 0.25) is 0 Å². The molecule has 0 aliphatic heterocycles. The van der Waals surface area contributed by atoms with E-state index >= 15 is 0 Å². The van der Waals surface area contributed by atoms with Gasteiger partial charge in [-0.25, -0.2) is 4.98 Å². The second kappa shape index (κ2) is 5.49. The topological polar surface area (TPSA) is 38.9 Å². The third-order valence-corrected chi connectivity index (χ3v) is 5.22. The monoisotopic (exact) mass is 252 g/mol. The van der Waals surface area contributed by atoms with Crippen LogP contribution in [-0.2, 0) is 18.4 Å². The van der Waals surface area contributed by atoms with E-state index in [0.717, 1.165) is 25.7 Å². The summed E-state index contributed by atoms with van der Waals surface area (Å²) >= 11 is 1.87. The number of thiazole rings is 1. The predicted molar refractivity (Wildman–Crippen MR) is 74.4 cm³/mol. The molecule has 1 fully saturated rings. The van der Waals surface area contributed by atoms with Crippen molar-refractivity contribution in [1.29, 1.82) is 0 Å². The van der Waals surface area contributed by atoms with Crippen LogP contribution in [0.25, 0.3) is 0 Å². The third-order valence-electron chi connectivity index (χ3n) is 3.76. The van der Waals surface area contributed by atoms with Crippen molar-refractivity contribution in [2.24, 2.45) is 5.73 Å². The minimum absolute atomic E-state index is 0.112. The molecule has 0 aromatic carbocycles. The molecule has 2 nitrogen and oxygen atoms in total. The number of nitrogens with two attached hydrogens (primary N) is 1. The predicted octanol–water partition coefficient (Wildman–Crippen LogP) is 3.78. The van der Waals surface area contributed by atoms with Gasteiger partial charge in [-0.1, -0.05) is 39.5 Å². The van der Waals surface area contributed by atoms with Crippen molar-refractivity contribution in [2.45, 2.75) is 70.8 Å². The summed E-state index contributed by atoms with van der Waals surface area (Å²) in [6, 6.07) is 0. The van der Waals surface area contributed by atoms with Gasteiger partial charge in [-0.3, -0.25) is 0 Å². The maximum Gasteiger partial charge on any atom is 0.113 e. The molecule has 1 saturated carbocycles. The Hall–Kier alpha value is -0.410. The molecule has 0 radical (unpaired) electrons. The Morgan fingerprint density at radius 3 is 2.53 bits per heavy atom. The number of aromatic nitrogens is 1. The van der Waals surface area contributed by atoms with E-state index in [2.05, 4.69) is 13.8 Å². The van der Waals surface area contributed by atoms with Crippen LogP contribution < -0.4 is 5.73 Å². The first-order valence-corrected chi connectivity index (χ1v) is 7.79. The van der Waals surface area contributed by atoms with E-state index < -0.39 is 0 Å². The molecule has 0 saturated heterocycles. The molecular formula is C14H24N2S. The minimum Gasteiger partial charge on any atom is -0.319 e. The van der Waals surface area contributed by atoms with Crippen molar-refractivity contribution >= 4 is 11.3 Å². The van der Waals surface area contributed by atoms with Crippen LogP contribution in [0.15, 0.2) is 0 Å². The summed E-state index contributed by atoms with van der Waals surface area (Å²) in [7, 11) is 0. The van der Waals surface area contributed by atoms with Gasteiger partial charge in [0, 0.05) is 4.88 Å². The van der Waals surface area contributed by atoms with Crippen molar-refractivity contribution in [3.63, 3.8) is 0 Å². The van der Waals surface area contributed by atoms with Crippen molar-refractivity contribution in [1.82, 2.24) is 4.98 Å². The molecule has 0 spiro atoms. The van der Waals surface area contributed by atoms with Crippen LogP contribution in [0.3, 0.4) is 0 Å². The largest absolute Gasteiger partial charge is 0.319 e. The van der Waals surface area contributed by atoms with Gasteiger partial charge in [0.1, 0.15) is 5.01 Å². The zero-order chi connectivity index (χ0) is 12.3. The fourth-order valence-electron chi connectivity index (χ4n) is 2.70. The number of hydrogen-bond acceptors (Lipinski definition) is 3. The molecule has 1 aliphatic rings. The number of aryl methyl sites for hydroxylation is 2. The van der Waals surface area contributed by atoms with Gasteiger partial charge in [0.15, 0.2) is 0 Å². The maximum absolute atomic E-state index is 6.56. The van der Waals surface area contributed by atoms with Crippen LogP contribution in [0.1, 0.15) is 68.0 Å². The average Bonchev–Trinajstić information content (AvgIpc) is 2.74. The Balaban J connectivity index is 2.25. The Morgan fingerprint density at radius 2 is 1.94 bits per heavy atom. The molecular weight excluding hydrogens is 228 g/mol. The first-order chi connectivity index (χ1) is 8.19. The number of rotatable bonds is 4. The Morgan fingerprint density at radius 1 is 1.24 bits per heavy atom. The highest BCUT2D eigenvalue weighted by molar-refractivity contribution is 7.11. The highest BCUT2D eigenvalue weighted by Crippen LogP contribution is 2.38. The lowest BCUT2D eigenvalue weighted by Gasteiger charge is -2.31. The van der Waals surface area contributed by atoms with Crippen molar-refractivity contribution in [2.75, 3.05) is 0 Å². The van der Waals surface area contributed by atoms with Crippen LogP contribution in [0.4, 0.5) is 0 Å². The average molecular weight is 252 g/mol. The van der Waals surface area contributed by atoms with E-state index in [1.165, 1.54) is 41.3 Å². The first kappa shape index (κ1) is 13.0. The molecule has 1 aliphatic carbocycles. The smallest absolute Gasteiger partial charge is 0.113 e. The van der Waals surface area contributed by atoms with Crippen molar-refractivity contribution < 1.29 is 0 Å². The summed E-state index contributed by atoms with van der Waals surface area (Å²) < 4.78 is 0. The van der Waals surface area contributed by atoms with Crippen LogP contribution >= 0.6 is 11.3 Å². The minimum atomic E-state index is -0.112. The van der Waals surface area contributed by atoms with Gasteiger partial charge in [0.25, 0.3) is 0 Å². The second-order valence-corrected chi connectivity index (χ2v) is 6.29. The van der Waals surface area contributed by atoms with Crippen LogP contribution in [0.2, 0.25) is 0 Å². The summed E-state index contributed by atoms with van der Waals surface area (Å²) in [5.74, 6) is 0.